The Kier molecular flexibility index (Phi) is 73.0. The number of hydrogen-bond acceptors (Lipinski definition) is 4. The first-order valence-electron chi connectivity index (χ1n) is 0.908. The Morgan fingerprint density at radius 2 is 1.00 bits per heavy atom. The van der Waals surface area contributed by atoms with Gasteiger partial charge in [-0.3, -0.25) is 0 Å². The minimum atomic E-state index is 0.750. The van der Waals surface area contributed by atoms with Crippen LogP contribution in [0.15, 0.2) is 0 Å². The highest BCUT2D eigenvalue weighted by molar-refractivity contribution is 5.26. The zero-order chi connectivity index (χ0) is 5.41. The summed E-state index contributed by atoms with van der Waals surface area (Å²) in [5.74, 6) is 0. The molecule has 0 aromatic carbocycles. The van der Waals surface area contributed by atoms with Crippen molar-refractivity contribution in [3.63, 3.8) is 0 Å². The molecule has 6 heavy (non-hydrogen) atoms. The lowest BCUT2D eigenvalue weighted by Gasteiger charge is -1.02. The van der Waals surface area contributed by atoms with Crippen LogP contribution in [0.4, 0.5) is 0 Å². The van der Waals surface area contributed by atoms with Gasteiger partial charge in [0.15, 0.2) is 0 Å². The van der Waals surface area contributed by atoms with Crippen LogP contribution in [0, 0.1) is 10.8 Å². The summed E-state index contributed by atoms with van der Waals surface area (Å²) in [4.78, 5) is 16.7. The third-order valence-corrected chi connectivity index (χ3v) is 0. The lowest BCUT2D eigenvalue weighted by molar-refractivity contribution is 0.562. The zero-order valence-electron chi connectivity index (χ0n) is 2.82. The number of hydrogen-bond donors (Lipinski definition) is 2. The first kappa shape index (κ1) is 8.83. The molecule has 0 bridgehead atoms. The van der Waals surface area contributed by atoms with Gasteiger partial charge in [0.1, 0.15) is 0 Å². The molecule has 0 unspecified atom stereocenters. The molecule has 0 aromatic heterocycles. The maximum atomic E-state index is 8.35. The molecular formula is C2H2N2O2. The van der Waals surface area contributed by atoms with Gasteiger partial charge in [-0.05, 0) is 0 Å². The van der Waals surface area contributed by atoms with E-state index in [4.69, 9.17) is 20.4 Å². The van der Waals surface area contributed by atoms with Gasteiger partial charge in [0.05, 0.1) is 0 Å². The fourth-order valence-corrected chi connectivity index (χ4v) is 0. The molecule has 2 N–H and O–H groups in total. The molecule has 0 radical (unpaired) electrons. The highest BCUT2D eigenvalue weighted by Gasteiger charge is 1.04. The van der Waals surface area contributed by atoms with Gasteiger partial charge in [0, 0.05) is 0 Å². The summed E-state index contributed by atoms with van der Waals surface area (Å²) in [5, 5.41) is 10.8. The summed E-state index contributed by atoms with van der Waals surface area (Å²) in [6.07, 6.45) is 1.50. The maximum absolute atomic E-state index is 8.35. The second-order valence-corrected chi connectivity index (χ2v) is 0.204. The van der Waals surface area contributed by atoms with Crippen molar-refractivity contribution in [2.75, 3.05) is 0 Å². The average Bonchev–Trinajstić information content (AvgIpc) is 1.39. The second kappa shape index (κ2) is 49.6. The molecule has 0 heterocycles. The van der Waals surface area contributed by atoms with Gasteiger partial charge >= 0.3 is 0 Å². The molecule has 4 nitrogen and oxygen atoms in total. The minimum absolute atomic E-state index is 0.750. The van der Waals surface area contributed by atoms with Crippen molar-refractivity contribution in [1.82, 2.24) is 0 Å². The van der Waals surface area contributed by atoms with Crippen LogP contribution in [-0.4, -0.2) is 12.2 Å². The first-order chi connectivity index (χ1) is 2.83. The van der Waals surface area contributed by atoms with Gasteiger partial charge in [-0.15, -0.1) is 0 Å². The van der Waals surface area contributed by atoms with Crippen molar-refractivity contribution in [1.29, 1.82) is 10.8 Å². The van der Waals surface area contributed by atoms with Crippen LogP contribution in [0.25, 0.3) is 0 Å². The average molecular weight is 86.0 g/mol. The van der Waals surface area contributed by atoms with E-state index in [1.54, 1.807) is 0 Å². The monoisotopic (exact) mass is 86.0 g/mol. The van der Waals surface area contributed by atoms with Gasteiger partial charge in [-0.1, -0.05) is 0 Å². The van der Waals surface area contributed by atoms with E-state index in [1.807, 2.05) is 0 Å². The SMILES string of the molecule is N=C=O.N=C=O. The Morgan fingerprint density at radius 1 is 1.00 bits per heavy atom. The predicted octanol–water partition coefficient (Wildman–Crippen LogP) is -0.198. The third kappa shape index (κ3) is 5.56. The molecule has 0 saturated heterocycles. The quantitative estimate of drug-likeness (QED) is 0.316. The van der Waals surface area contributed by atoms with E-state index in [1.165, 1.54) is 0 Å². The smallest absolute Gasteiger partial charge is 0.222 e. The molecule has 0 aromatic rings. The Bertz CT molecular complexity index is 63.5. The lowest BCUT2D eigenvalue weighted by atomic mass is 11.7. The molecule has 0 fully saturated rings. The highest BCUT2D eigenvalue weighted by atomic mass is 16.1. The van der Waals surface area contributed by atoms with Gasteiger partial charge in [0.25, 0.3) is 0 Å². The lowest BCUT2D eigenvalue weighted by Crippen LogP contribution is -1.16. The number of carbonyl (C=O) groups excluding carboxylic acids is 2. The Balaban J connectivity index is 0. The van der Waals surface area contributed by atoms with Crippen LogP contribution in [-0.2, 0) is 9.59 Å². The Labute approximate surface area is 33.8 Å². The van der Waals surface area contributed by atoms with E-state index in [-0.39, 0.29) is 0 Å². The summed E-state index contributed by atoms with van der Waals surface area (Å²) in [7, 11) is 0. The highest BCUT2D eigenvalue weighted by Crippen LogP contribution is 0.871. The van der Waals surface area contributed by atoms with Crippen molar-refractivity contribution >= 4 is 12.2 Å². The summed E-state index contributed by atoms with van der Waals surface area (Å²) in [5.41, 5.74) is 0. The zero-order valence-corrected chi connectivity index (χ0v) is 2.82. The Morgan fingerprint density at radius 3 is 1.00 bits per heavy atom. The molecule has 4 heteroatoms. The van der Waals surface area contributed by atoms with Crippen molar-refractivity contribution < 1.29 is 9.59 Å². The van der Waals surface area contributed by atoms with Crippen molar-refractivity contribution in [2.24, 2.45) is 0 Å². The van der Waals surface area contributed by atoms with E-state index >= 15 is 0 Å². The number of rotatable bonds is 0. The van der Waals surface area contributed by atoms with E-state index < -0.39 is 0 Å². The molecule has 0 aliphatic rings. The first-order valence-corrected chi connectivity index (χ1v) is 0.908. The van der Waals surface area contributed by atoms with Gasteiger partial charge in [-0.2, -0.15) is 0 Å². The molecule has 0 aliphatic carbocycles. The van der Waals surface area contributed by atoms with Crippen LogP contribution < -0.4 is 0 Å². The van der Waals surface area contributed by atoms with Crippen LogP contribution >= 0.6 is 0 Å². The number of nitrogens with one attached hydrogen (secondary N) is 2. The number of isocyanates is 2. The molecular weight excluding hydrogens is 84.0 g/mol. The summed E-state index contributed by atoms with van der Waals surface area (Å²) < 4.78 is 0. The fraction of sp³-hybridized carbons (Fsp3) is 0. The summed E-state index contributed by atoms with van der Waals surface area (Å²) in [6.45, 7) is 0. The van der Waals surface area contributed by atoms with Gasteiger partial charge in [0.2, 0.25) is 12.2 Å². The maximum Gasteiger partial charge on any atom is 0.231 e. The fourth-order valence-electron chi connectivity index (χ4n) is 0. The molecule has 0 atom stereocenters. The van der Waals surface area contributed by atoms with E-state index in [0.717, 1.165) is 12.2 Å². The van der Waals surface area contributed by atoms with Crippen molar-refractivity contribution in [3.05, 3.63) is 0 Å². The topological polar surface area (TPSA) is 81.8 Å². The molecule has 0 saturated carbocycles. The normalized spacial score (nSPS) is 2.67. The summed E-state index contributed by atoms with van der Waals surface area (Å²) >= 11 is 0. The largest absolute Gasteiger partial charge is 0.231 e. The van der Waals surface area contributed by atoms with Gasteiger partial charge in [-0.25, -0.2) is 20.4 Å². The summed E-state index contributed by atoms with van der Waals surface area (Å²) in [6, 6.07) is 0. The van der Waals surface area contributed by atoms with Crippen LogP contribution in [0.5, 0.6) is 0 Å². The van der Waals surface area contributed by atoms with Crippen LogP contribution in [0.1, 0.15) is 0 Å². The van der Waals surface area contributed by atoms with E-state index in [2.05, 4.69) is 0 Å². The van der Waals surface area contributed by atoms with Crippen molar-refractivity contribution in [3.8, 4) is 0 Å². The Hall–Kier alpha value is -1.24. The molecule has 0 amide bonds. The van der Waals surface area contributed by atoms with E-state index in [0.29, 0.717) is 0 Å². The molecule has 0 rings (SSSR count). The van der Waals surface area contributed by atoms with Crippen LogP contribution in [0.2, 0.25) is 0 Å². The predicted molar refractivity (Wildman–Crippen MR) is 16.8 cm³/mol. The second-order valence-electron chi connectivity index (χ2n) is 0.204. The van der Waals surface area contributed by atoms with E-state index in [9.17, 15) is 0 Å². The molecule has 0 aliphatic heterocycles. The van der Waals surface area contributed by atoms with Crippen molar-refractivity contribution in [2.45, 2.75) is 0 Å². The third-order valence-electron chi connectivity index (χ3n) is 0. The molecule has 32 valence electrons. The standard InChI is InChI=1S/2CHNO/c2*2-1-3/h2*2H. The molecule has 0 spiro atoms. The van der Waals surface area contributed by atoms with Crippen LogP contribution in [0.3, 0.4) is 0 Å². The minimum Gasteiger partial charge on any atom is -0.222 e. The van der Waals surface area contributed by atoms with Gasteiger partial charge < -0.3 is 0 Å².